The molecule has 7 atom stereocenters. The Morgan fingerprint density at radius 3 is 2.44 bits per heavy atom. The molecule has 1 aromatic carbocycles. The molecule has 4 aliphatic rings. The molecule has 1 aromatic rings. The fourth-order valence-corrected chi connectivity index (χ4v) is 9.19. The highest BCUT2D eigenvalue weighted by Gasteiger charge is 2.59. The lowest BCUT2D eigenvalue weighted by Gasteiger charge is -2.57. The Morgan fingerprint density at radius 2 is 1.74 bits per heavy atom. The Labute approximate surface area is 204 Å². The Balaban J connectivity index is 1.35. The number of aryl methyl sites for hydroxylation is 1. The van der Waals surface area contributed by atoms with Crippen molar-refractivity contribution in [1.82, 2.24) is 0 Å². The second kappa shape index (κ2) is 8.48. The molecule has 0 amide bonds. The van der Waals surface area contributed by atoms with Crippen molar-refractivity contribution in [2.45, 2.75) is 96.2 Å². The first kappa shape index (κ1) is 24.1. The van der Waals surface area contributed by atoms with Crippen molar-refractivity contribution in [2.75, 3.05) is 0 Å². The predicted octanol–water partition coefficient (Wildman–Crippen LogP) is 5.96. The standard InChI is InChI=1S/C28H38O5S/c1-18-5-8-22(9-6-18)34(30,31)33-26-12-11-24-23-10-7-20-17-21(32-19(2)29)13-15-27(20,3)25(23)14-16-28(24,26)4/h5-9,21,23-26H,10-17H2,1-4H3/t21-,23+,24+,25-,26+,27-,28-/m0/s1. The van der Waals surface area contributed by atoms with Crippen LogP contribution in [0, 0.1) is 35.5 Å². The highest BCUT2D eigenvalue weighted by molar-refractivity contribution is 7.86. The van der Waals surface area contributed by atoms with Crippen molar-refractivity contribution in [3.05, 3.63) is 41.5 Å². The minimum Gasteiger partial charge on any atom is -0.462 e. The quantitative estimate of drug-likeness (QED) is 0.298. The number of rotatable bonds is 4. The summed E-state index contributed by atoms with van der Waals surface area (Å²) in [7, 11) is -3.78. The van der Waals surface area contributed by atoms with E-state index in [-0.39, 0.29) is 33.9 Å². The van der Waals surface area contributed by atoms with Gasteiger partial charge in [0.2, 0.25) is 0 Å². The molecular formula is C28H38O5S. The van der Waals surface area contributed by atoms with E-state index in [1.807, 2.05) is 19.1 Å². The summed E-state index contributed by atoms with van der Waals surface area (Å²) in [5, 5.41) is 0. The third kappa shape index (κ3) is 3.95. The molecule has 0 spiro atoms. The Kier molecular flexibility index (Phi) is 6.00. The molecule has 0 aliphatic heterocycles. The van der Waals surface area contributed by atoms with Crippen molar-refractivity contribution in [3.8, 4) is 0 Å². The number of ether oxygens (including phenoxy) is 1. The van der Waals surface area contributed by atoms with Gasteiger partial charge in [0.1, 0.15) is 6.10 Å². The van der Waals surface area contributed by atoms with Gasteiger partial charge < -0.3 is 4.74 Å². The molecule has 0 aromatic heterocycles. The number of carbonyl (C=O) groups is 1. The highest BCUT2D eigenvalue weighted by Crippen LogP contribution is 2.65. The number of hydrogen-bond acceptors (Lipinski definition) is 5. The molecule has 0 saturated heterocycles. The molecule has 4 aliphatic carbocycles. The predicted molar refractivity (Wildman–Crippen MR) is 130 cm³/mol. The summed E-state index contributed by atoms with van der Waals surface area (Å²) in [6.45, 7) is 8.15. The summed E-state index contributed by atoms with van der Waals surface area (Å²) in [6.07, 6.45) is 10.0. The lowest BCUT2D eigenvalue weighted by molar-refractivity contribution is -0.148. The van der Waals surface area contributed by atoms with Crippen LogP contribution in [0.1, 0.15) is 77.7 Å². The van der Waals surface area contributed by atoms with Gasteiger partial charge >= 0.3 is 5.97 Å². The van der Waals surface area contributed by atoms with E-state index in [4.69, 9.17) is 8.92 Å². The van der Waals surface area contributed by atoms with E-state index in [0.29, 0.717) is 17.8 Å². The van der Waals surface area contributed by atoms with Gasteiger partial charge in [-0.2, -0.15) is 8.42 Å². The van der Waals surface area contributed by atoms with E-state index in [0.717, 1.165) is 56.9 Å². The van der Waals surface area contributed by atoms with Gasteiger partial charge in [0.15, 0.2) is 0 Å². The van der Waals surface area contributed by atoms with Gasteiger partial charge in [-0.25, -0.2) is 0 Å². The van der Waals surface area contributed by atoms with Crippen molar-refractivity contribution < 1.29 is 22.1 Å². The molecule has 3 saturated carbocycles. The topological polar surface area (TPSA) is 69.7 Å². The first-order valence-corrected chi connectivity index (χ1v) is 14.3. The van der Waals surface area contributed by atoms with Crippen LogP contribution < -0.4 is 0 Å². The molecule has 5 nitrogen and oxygen atoms in total. The summed E-state index contributed by atoms with van der Waals surface area (Å²) >= 11 is 0. The monoisotopic (exact) mass is 486 g/mol. The maximum atomic E-state index is 13.1. The average molecular weight is 487 g/mol. The molecule has 0 unspecified atom stereocenters. The first-order valence-electron chi connectivity index (χ1n) is 12.9. The van der Waals surface area contributed by atoms with Crippen LogP contribution >= 0.6 is 0 Å². The van der Waals surface area contributed by atoms with E-state index in [2.05, 4.69) is 19.9 Å². The summed E-state index contributed by atoms with van der Waals surface area (Å²) in [5.74, 6) is 1.46. The fourth-order valence-electron chi connectivity index (χ4n) is 7.99. The minimum atomic E-state index is -3.78. The molecule has 0 bridgehead atoms. The van der Waals surface area contributed by atoms with Gasteiger partial charge in [-0.1, -0.05) is 43.2 Å². The van der Waals surface area contributed by atoms with Gasteiger partial charge in [-0.15, -0.1) is 0 Å². The Bertz CT molecular complexity index is 1090. The number of carbonyl (C=O) groups excluding carboxylic acids is 1. The second-order valence-corrected chi connectivity index (χ2v) is 13.3. The Hall–Kier alpha value is -1.66. The number of benzene rings is 1. The zero-order chi connectivity index (χ0) is 24.3. The maximum Gasteiger partial charge on any atom is 0.302 e. The van der Waals surface area contributed by atoms with Crippen LogP contribution in [0.15, 0.2) is 40.8 Å². The van der Waals surface area contributed by atoms with Crippen LogP contribution in [0.25, 0.3) is 0 Å². The van der Waals surface area contributed by atoms with Crippen LogP contribution in [-0.2, 0) is 23.8 Å². The van der Waals surface area contributed by atoms with Gasteiger partial charge in [0, 0.05) is 13.3 Å². The highest BCUT2D eigenvalue weighted by atomic mass is 32.2. The van der Waals surface area contributed by atoms with Crippen LogP contribution in [0.2, 0.25) is 0 Å². The van der Waals surface area contributed by atoms with Gasteiger partial charge in [0.25, 0.3) is 10.1 Å². The summed E-state index contributed by atoms with van der Waals surface area (Å²) in [5.41, 5.74) is 2.55. The van der Waals surface area contributed by atoms with Gasteiger partial charge in [-0.05, 0) is 92.6 Å². The van der Waals surface area contributed by atoms with Gasteiger partial charge in [0.05, 0.1) is 11.0 Å². The third-order valence-electron chi connectivity index (χ3n) is 9.86. The minimum absolute atomic E-state index is 0.0125. The zero-order valence-electron chi connectivity index (χ0n) is 20.9. The molecule has 3 fully saturated rings. The van der Waals surface area contributed by atoms with Gasteiger partial charge in [-0.3, -0.25) is 8.98 Å². The maximum absolute atomic E-state index is 13.1. The second-order valence-electron chi connectivity index (χ2n) is 11.7. The first-order chi connectivity index (χ1) is 16.0. The molecular weight excluding hydrogens is 448 g/mol. The SMILES string of the molecule is CC(=O)O[C@H]1CC[C@@]2(C)C(=CC[C@@H]3[C@H]4CC[C@@H](OS(=O)(=O)c5ccc(C)cc5)[C@@]4(C)CC[C@@H]32)C1. The summed E-state index contributed by atoms with van der Waals surface area (Å²) in [4.78, 5) is 11.7. The molecule has 5 rings (SSSR count). The van der Waals surface area contributed by atoms with Crippen molar-refractivity contribution in [2.24, 2.45) is 28.6 Å². The molecule has 0 radical (unpaired) electrons. The number of hydrogen-bond donors (Lipinski definition) is 0. The molecule has 0 N–H and O–H groups in total. The van der Waals surface area contributed by atoms with Crippen molar-refractivity contribution in [1.29, 1.82) is 0 Å². The lowest BCUT2D eigenvalue weighted by atomic mass is 9.48. The summed E-state index contributed by atoms with van der Waals surface area (Å²) < 4.78 is 37.7. The number of fused-ring (bicyclic) bond motifs is 5. The smallest absolute Gasteiger partial charge is 0.302 e. The van der Waals surface area contributed by atoms with Crippen LogP contribution in [-0.4, -0.2) is 26.6 Å². The lowest BCUT2D eigenvalue weighted by Crippen LogP contribution is -2.51. The van der Waals surface area contributed by atoms with E-state index < -0.39 is 10.1 Å². The van der Waals surface area contributed by atoms with Crippen LogP contribution in [0.4, 0.5) is 0 Å². The average Bonchev–Trinajstić information content (AvgIpc) is 3.09. The summed E-state index contributed by atoms with van der Waals surface area (Å²) in [6, 6.07) is 6.94. The van der Waals surface area contributed by atoms with E-state index in [1.54, 1.807) is 12.1 Å². The number of esters is 1. The van der Waals surface area contributed by atoms with Crippen LogP contribution in [0.5, 0.6) is 0 Å². The zero-order valence-corrected chi connectivity index (χ0v) is 21.7. The number of allylic oxidation sites excluding steroid dienone is 1. The largest absolute Gasteiger partial charge is 0.462 e. The molecule has 6 heteroatoms. The Morgan fingerprint density at radius 1 is 1.00 bits per heavy atom. The van der Waals surface area contributed by atoms with E-state index in [9.17, 15) is 13.2 Å². The van der Waals surface area contributed by atoms with Crippen molar-refractivity contribution in [3.63, 3.8) is 0 Å². The van der Waals surface area contributed by atoms with Crippen molar-refractivity contribution >= 4 is 16.1 Å². The third-order valence-corrected chi connectivity index (χ3v) is 11.2. The van der Waals surface area contributed by atoms with E-state index >= 15 is 0 Å². The van der Waals surface area contributed by atoms with E-state index in [1.165, 1.54) is 12.5 Å². The molecule has 34 heavy (non-hydrogen) atoms. The molecule has 0 heterocycles. The fraction of sp³-hybridized carbons (Fsp3) is 0.679. The molecule has 186 valence electrons. The van der Waals surface area contributed by atoms with Crippen LogP contribution in [0.3, 0.4) is 0 Å². The normalized spacial score (nSPS) is 39.4.